The van der Waals surface area contributed by atoms with Crippen LogP contribution in [0.25, 0.3) is 0 Å². The molecule has 0 spiro atoms. The molecule has 4 aliphatic heterocycles. The Labute approximate surface area is 304 Å². The van der Waals surface area contributed by atoms with Crippen LogP contribution in [-0.4, -0.2) is 116 Å². The number of fused-ring (bicyclic) bond motifs is 2. The van der Waals surface area contributed by atoms with E-state index in [0.717, 1.165) is 12.8 Å². The highest BCUT2D eigenvalue weighted by atomic mass is 16.8. The van der Waals surface area contributed by atoms with Crippen LogP contribution in [-0.2, 0) is 52.2 Å². The lowest BCUT2D eigenvalue weighted by molar-refractivity contribution is -0.368. The van der Waals surface area contributed by atoms with Gasteiger partial charge < -0.3 is 58.4 Å². The minimum absolute atomic E-state index is 0.159. The van der Waals surface area contributed by atoms with E-state index in [9.17, 15) is 14.7 Å². The van der Waals surface area contributed by atoms with Gasteiger partial charge in [0.1, 0.15) is 48.7 Å². The smallest absolute Gasteiger partial charge is 0.222 e. The normalized spacial score (nSPS) is 34.0. The van der Waals surface area contributed by atoms with Crippen LogP contribution >= 0.6 is 0 Å². The maximum absolute atomic E-state index is 11.9. The Balaban J connectivity index is 0.000000302. The minimum atomic E-state index is -0.919. The minimum Gasteiger partial charge on any atom is -0.471 e. The number of unbranched alkanes of at least 4 members (excludes halogenated alkanes) is 7. The number of aliphatic hydroxyl groups is 1. The number of carbonyl (C=O) groups is 2. The second-order valence-corrected chi connectivity index (χ2v) is 14.5. The molecule has 10 atom stereocenters. The van der Waals surface area contributed by atoms with Crippen molar-refractivity contribution in [2.24, 2.45) is 0 Å². The Hall–Kier alpha value is -1.88. The van der Waals surface area contributed by atoms with E-state index in [0.29, 0.717) is 26.4 Å². The third-order valence-electron chi connectivity index (χ3n) is 9.08. The van der Waals surface area contributed by atoms with Gasteiger partial charge in [0.25, 0.3) is 0 Å². The highest BCUT2D eigenvalue weighted by Gasteiger charge is 2.53. The Bertz CT molecular complexity index is 1070. The molecule has 0 radical (unpaired) electrons. The zero-order valence-corrected chi connectivity index (χ0v) is 32.4. The topological polar surface area (TPSA) is 162 Å². The van der Waals surface area contributed by atoms with Crippen molar-refractivity contribution in [3.05, 3.63) is 12.3 Å². The summed E-state index contributed by atoms with van der Waals surface area (Å²) in [6, 6.07) is -1.14. The number of ether oxygens (including phenoxy) is 9. The fourth-order valence-electron chi connectivity index (χ4n) is 6.68. The number of hydrogen-bond donors (Lipinski definition) is 3. The molecule has 4 aliphatic rings. The van der Waals surface area contributed by atoms with E-state index in [-0.39, 0.29) is 30.1 Å². The van der Waals surface area contributed by atoms with Crippen molar-refractivity contribution < 1.29 is 57.3 Å². The van der Waals surface area contributed by atoms with Crippen LogP contribution in [0.2, 0.25) is 0 Å². The van der Waals surface area contributed by atoms with Crippen LogP contribution in [0.3, 0.4) is 0 Å². The summed E-state index contributed by atoms with van der Waals surface area (Å²) in [4.78, 5) is 23.2. The van der Waals surface area contributed by atoms with Gasteiger partial charge in [0.2, 0.25) is 18.1 Å². The van der Waals surface area contributed by atoms with Gasteiger partial charge in [-0.2, -0.15) is 0 Å². The Morgan fingerprint density at radius 2 is 1.29 bits per heavy atom. The van der Waals surface area contributed by atoms with Crippen molar-refractivity contribution >= 4 is 11.8 Å². The lowest BCUT2D eigenvalue weighted by atomic mass is 9.95. The van der Waals surface area contributed by atoms with Crippen LogP contribution in [0.4, 0.5) is 0 Å². The summed E-state index contributed by atoms with van der Waals surface area (Å²) >= 11 is 0. The molecule has 4 fully saturated rings. The standard InChI is InChI=1S/C24H43NO6.C13H23NO6/c1-6-8-9-10-11-12-13-14-16-27-22-20(25-18(3)26)23(28-15-7-2)30-19-17-29-24(4,5)31-21(19)22;1-5-17-12-9(14-7(2)15)10(16)11-8(19-12)6-18-13(3,4)20-11/h7,15,19-23H,6,8-14,16-17H2,1-5H3,(H,25,26);8-12,16H,5-6H2,1-4H3,(H,14,15)/b15-7-;/t19-,20-,21-,22-,23+;8-,9-,10-,11-,12+/m11/s1. The highest BCUT2D eigenvalue weighted by Crippen LogP contribution is 2.35. The first-order valence-electron chi connectivity index (χ1n) is 18.9. The van der Waals surface area contributed by atoms with E-state index in [1.807, 2.05) is 27.7 Å². The summed E-state index contributed by atoms with van der Waals surface area (Å²) in [5, 5.41) is 16.1. The van der Waals surface area contributed by atoms with Crippen molar-refractivity contribution in [3.63, 3.8) is 0 Å². The SMILES string of the molecule is C/C=C\O[C@H]1O[C@@H]2COC(C)(C)O[C@H]2[C@H](OCCCCCCCCCC)[C@H]1NC(C)=O.CCO[C@H]1O[C@@H]2COC(C)(C)O[C@H]2[C@H](O)[C@H]1NC(C)=O. The number of aliphatic hydroxyl groups excluding tert-OH is 1. The van der Waals surface area contributed by atoms with Gasteiger partial charge >= 0.3 is 0 Å². The predicted octanol–water partition coefficient (Wildman–Crippen LogP) is 4.21. The van der Waals surface area contributed by atoms with Crippen molar-refractivity contribution in [3.8, 4) is 0 Å². The van der Waals surface area contributed by atoms with Crippen LogP contribution in [0.5, 0.6) is 0 Å². The van der Waals surface area contributed by atoms with E-state index in [4.69, 9.17) is 42.6 Å². The molecular formula is C37H66N2O12. The van der Waals surface area contributed by atoms with Gasteiger partial charge in [0, 0.05) is 27.1 Å². The summed E-state index contributed by atoms with van der Waals surface area (Å²) in [5.74, 6) is -1.94. The molecule has 14 nitrogen and oxygen atoms in total. The van der Waals surface area contributed by atoms with E-state index < -0.39 is 54.5 Å². The van der Waals surface area contributed by atoms with Gasteiger partial charge in [0.05, 0.1) is 19.5 Å². The third kappa shape index (κ3) is 13.8. The molecule has 2 amide bonds. The first-order valence-corrected chi connectivity index (χ1v) is 18.9. The number of nitrogens with one attached hydrogen (secondary N) is 2. The molecule has 0 bridgehead atoms. The third-order valence-corrected chi connectivity index (χ3v) is 9.08. The second kappa shape index (κ2) is 21.1. The fraction of sp³-hybridized carbons (Fsp3) is 0.892. The molecule has 0 unspecified atom stereocenters. The quantitative estimate of drug-likeness (QED) is 0.154. The molecule has 4 rings (SSSR count). The first kappa shape index (κ1) is 43.5. The van der Waals surface area contributed by atoms with Crippen LogP contribution in [0.1, 0.15) is 114 Å². The average molecular weight is 731 g/mol. The molecule has 296 valence electrons. The maximum atomic E-state index is 11.9. The summed E-state index contributed by atoms with van der Waals surface area (Å²) in [5.41, 5.74) is 0. The monoisotopic (exact) mass is 730 g/mol. The van der Waals surface area contributed by atoms with Crippen molar-refractivity contribution in [1.82, 2.24) is 10.6 Å². The van der Waals surface area contributed by atoms with Gasteiger partial charge in [-0.05, 0) is 48.0 Å². The second-order valence-electron chi connectivity index (χ2n) is 14.5. The lowest BCUT2D eigenvalue weighted by Crippen LogP contribution is -2.68. The molecule has 4 saturated heterocycles. The largest absolute Gasteiger partial charge is 0.471 e. The molecule has 0 saturated carbocycles. The number of amides is 2. The summed E-state index contributed by atoms with van der Waals surface area (Å²) in [7, 11) is 0. The Morgan fingerprint density at radius 3 is 1.86 bits per heavy atom. The highest BCUT2D eigenvalue weighted by molar-refractivity contribution is 5.73. The molecule has 4 heterocycles. The zero-order chi connectivity index (χ0) is 37.6. The first-order chi connectivity index (χ1) is 24.2. The van der Waals surface area contributed by atoms with Crippen molar-refractivity contribution in [2.75, 3.05) is 26.4 Å². The summed E-state index contributed by atoms with van der Waals surface area (Å²) < 4.78 is 52.6. The summed E-state index contributed by atoms with van der Waals surface area (Å²) in [6.45, 7) is 17.8. The number of allylic oxidation sites excluding steroid dienone is 1. The van der Waals surface area contributed by atoms with Gasteiger partial charge in [-0.1, -0.05) is 57.9 Å². The molecule has 0 aromatic rings. The van der Waals surface area contributed by atoms with Crippen molar-refractivity contribution in [2.45, 2.75) is 187 Å². The van der Waals surface area contributed by atoms with Crippen LogP contribution in [0.15, 0.2) is 12.3 Å². The molecule has 14 heteroatoms. The number of hydrogen-bond acceptors (Lipinski definition) is 12. The Kier molecular flexibility index (Phi) is 18.0. The zero-order valence-electron chi connectivity index (χ0n) is 32.4. The molecule has 3 N–H and O–H groups in total. The predicted molar refractivity (Wildman–Crippen MR) is 188 cm³/mol. The van der Waals surface area contributed by atoms with Crippen LogP contribution in [0, 0.1) is 0 Å². The maximum Gasteiger partial charge on any atom is 0.222 e. The van der Waals surface area contributed by atoms with E-state index in [1.165, 1.54) is 52.4 Å². The van der Waals surface area contributed by atoms with E-state index in [1.54, 1.807) is 26.2 Å². The number of carbonyl (C=O) groups excluding carboxylic acids is 2. The van der Waals surface area contributed by atoms with Crippen LogP contribution < -0.4 is 10.6 Å². The average Bonchev–Trinajstić information content (AvgIpc) is 3.05. The molecular weight excluding hydrogens is 664 g/mol. The van der Waals surface area contributed by atoms with E-state index >= 15 is 0 Å². The Morgan fingerprint density at radius 1 is 0.765 bits per heavy atom. The lowest BCUT2D eigenvalue weighted by Gasteiger charge is -2.50. The molecule has 51 heavy (non-hydrogen) atoms. The van der Waals surface area contributed by atoms with Gasteiger partial charge in [-0.25, -0.2) is 0 Å². The van der Waals surface area contributed by atoms with E-state index in [2.05, 4.69) is 17.6 Å². The van der Waals surface area contributed by atoms with Crippen molar-refractivity contribution in [1.29, 1.82) is 0 Å². The molecule has 0 aromatic heterocycles. The van der Waals surface area contributed by atoms with Gasteiger partial charge in [-0.15, -0.1) is 0 Å². The molecule has 0 aliphatic carbocycles. The molecule has 0 aromatic carbocycles. The number of rotatable bonds is 16. The summed E-state index contributed by atoms with van der Waals surface area (Å²) in [6.07, 6.45) is 8.91. The fourth-order valence-corrected chi connectivity index (χ4v) is 6.68. The van der Waals surface area contributed by atoms with Gasteiger partial charge in [-0.3, -0.25) is 9.59 Å². The van der Waals surface area contributed by atoms with Gasteiger partial charge in [0.15, 0.2) is 17.9 Å².